The Bertz CT molecular complexity index is 1460. The molecule has 1 aliphatic rings. The maximum atomic E-state index is 14.2. The van der Waals surface area contributed by atoms with E-state index in [1.54, 1.807) is 24.1 Å². The first kappa shape index (κ1) is 24.2. The molecule has 0 radical (unpaired) electrons. The third-order valence-corrected chi connectivity index (χ3v) is 6.53. The van der Waals surface area contributed by atoms with Gasteiger partial charge in [0.15, 0.2) is 0 Å². The first-order chi connectivity index (χ1) is 18.0. The number of benzene rings is 3. The molecule has 2 amide bonds. The summed E-state index contributed by atoms with van der Waals surface area (Å²) >= 11 is 0. The van der Waals surface area contributed by atoms with Crippen molar-refractivity contribution in [1.82, 2.24) is 20.4 Å². The number of aromatic nitrogens is 2. The van der Waals surface area contributed by atoms with E-state index in [-0.39, 0.29) is 11.9 Å². The van der Waals surface area contributed by atoms with E-state index in [1.807, 2.05) is 43.3 Å². The lowest BCUT2D eigenvalue weighted by atomic mass is 9.94. The lowest BCUT2D eigenvalue weighted by Gasteiger charge is -2.35. The Kier molecular flexibility index (Phi) is 6.72. The monoisotopic (exact) mass is 498 g/mol. The molecule has 7 nitrogen and oxygen atoms in total. The zero-order chi connectivity index (χ0) is 25.9. The van der Waals surface area contributed by atoms with Crippen molar-refractivity contribution in [2.75, 3.05) is 7.11 Å². The number of urea groups is 1. The number of amides is 2. The summed E-state index contributed by atoms with van der Waals surface area (Å²) in [6.45, 7) is 4.30. The van der Waals surface area contributed by atoms with Gasteiger partial charge < -0.3 is 14.6 Å². The van der Waals surface area contributed by atoms with Crippen LogP contribution in [0.4, 0.5) is 9.18 Å². The predicted octanol–water partition coefficient (Wildman–Crippen LogP) is 6.14. The minimum atomic E-state index is -0.666. The maximum Gasteiger partial charge on any atom is 0.322 e. The van der Waals surface area contributed by atoms with Crippen molar-refractivity contribution in [3.8, 4) is 17.1 Å². The van der Waals surface area contributed by atoms with Crippen molar-refractivity contribution >= 4 is 11.6 Å². The van der Waals surface area contributed by atoms with Gasteiger partial charge in [0.2, 0.25) is 5.82 Å². The lowest BCUT2D eigenvalue weighted by molar-refractivity contribution is 0.203. The molecule has 1 unspecified atom stereocenters. The Morgan fingerprint density at radius 2 is 1.81 bits per heavy atom. The Labute approximate surface area is 214 Å². The molecule has 1 aromatic heterocycles. The van der Waals surface area contributed by atoms with Crippen molar-refractivity contribution < 1.29 is 18.4 Å². The van der Waals surface area contributed by atoms with Gasteiger partial charge in [-0.05, 0) is 54.3 Å². The summed E-state index contributed by atoms with van der Waals surface area (Å²) in [5, 5.41) is 7.20. The highest BCUT2D eigenvalue weighted by atomic mass is 19.1. The van der Waals surface area contributed by atoms with E-state index < -0.39 is 11.9 Å². The summed E-state index contributed by atoms with van der Waals surface area (Å²) in [5.74, 6) is 0.897. The molecular formula is C29H27FN4O3. The average Bonchev–Trinajstić information content (AvgIpc) is 3.41. The van der Waals surface area contributed by atoms with Crippen LogP contribution in [-0.4, -0.2) is 28.2 Å². The number of carbonyl (C=O) groups excluding carboxylic acids is 1. The molecule has 0 spiro atoms. The smallest absolute Gasteiger partial charge is 0.322 e. The summed E-state index contributed by atoms with van der Waals surface area (Å²) in [5.41, 5.74) is 4.77. The van der Waals surface area contributed by atoms with Gasteiger partial charge in [-0.3, -0.25) is 4.90 Å². The van der Waals surface area contributed by atoms with Gasteiger partial charge in [-0.15, -0.1) is 0 Å². The number of carbonyl (C=O) groups is 1. The van der Waals surface area contributed by atoms with Gasteiger partial charge in [-0.1, -0.05) is 60.6 Å². The van der Waals surface area contributed by atoms with Crippen molar-refractivity contribution in [2.24, 2.45) is 0 Å². The third kappa shape index (κ3) is 4.95. The summed E-state index contributed by atoms with van der Waals surface area (Å²) in [4.78, 5) is 19.6. The van der Waals surface area contributed by atoms with Gasteiger partial charge in [0.1, 0.15) is 11.6 Å². The second-order valence-corrected chi connectivity index (χ2v) is 8.85. The van der Waals surface area contributed by atoms with Gasteiger partial charge in [0.05, 0.1) is 25.3 Å². The first-order valence-electron chi connectivity index (χ1n) is 12.1. The van der Waals surface area contributed by atoms with Crippen LogP contribution in [0.15, 0.2) is 83.0 Å². The normalized spacial score (nSPS) is 15.6. The largest absolute Gasteiger partial charge is 0.497 e. The van der Waals surface area contributed by atoms with Gasteiger partial charge >= 0.3 is 6.03 Å². The molecule has 188 valence electrons. The fourth-order valence-corrected chi connectivity index (χ4v) is 4.46. The van der Waals surface area contributed by atoms with Crippen molar-refractivity contribution in [1.29, 1.82) is 0 Å². The van der Waals surface area contributed by atoms with E-state index in [4.69, 9.17) is 9.26 Å². The van der Waals surface area contributed by atoms with Crippen molar-refractivity contribution in [2.45, 2.75) is 32.9 Å². The number of hydrogen-bond acceptors (Lipinski definition) is 5. The molecule has 2 heterocycles. The van der Waals surface area contributed by atoms with Crippen LogP contribution in [0.5, 0.6) is 5.75 Å². The molecule has 0 saturated heterocycles. The van der Waals surface area contributed by atoms with Crippen molar-refractivity contribution in [3.63, 3.8) is 0 Å². The number of allylic oxidation sites excluding steroid dienone is 1. The predicted molar refractivity (Wildman–Crippen MR) is 138 cm³/mol. The Balaban J connectivity index is 1.58. The Morgan fingerprint density at radius 3 is 2.54 bits per heavy atom. The highest BCUT2D eigenvalue weighted by Crippen LogP contribution is 2.38. The highest BCUT2D eigenvalue weighted by Gasteiger charge is 2.36. The van der Waals surface area contributed by atoms with E-state index in [0.717, 1.165) is 17.5 Å². The van der Waals surface area contributed by atoms with Crippen LogP contribution in [0.2, 0.25) is 0 Å². The second-order valence-electron chi connectivity index (χ2n) is 8.85. The molecular weight excluding hydrogens is 471 g/mol. The van der Waals surface area contributed by atoms with Crippen LogP contribution in [0.1, 0.15) is 42.5 Å². The maximum absolute atomic E-state index is 14.2. The molecule has 1 N–H and O–H groups in total. The van der Waals surface area contributed by atoms with Gasteiger partial charge in [-0.25, -0.2) is 9.18 Å². The molecule has 0 aliphatic carbocycles. The highest BCUT2D eigenvalue weighted by molar-refractivity contribution is 5.86. The lowest BCUT2D eigenvalue weighted by Crippen LogP contribution is -2.45. The summed E-state index contributed by atoms with van der Waals surface area (Å²) in [6.07, 6.45) is 0.940. The van der Waals surface area contributed by atoms with Crippen LogP contribution in [-0.2, 0) is 13.0 Å². The quantitative estimate of drug-likeness (QED) is 0.331. The summed E-state index contributed by atoms with van der Waals surface area (Å²) in [7, 11) is 1.59. The number of nitrogens with one attached hydrogen (secondary N) is 1. The van der Waals surface area contributed by atoms with E-state index in [0.29, 0.717) is 35.0 Å². The minimum Gasteiger partial charge on any atom is -0.497 e. The summed E-state index contributed by atoms with van der Waals surface area (Å²) in [6, 6.07) is 20.7. The standard InChI is InChI=1S/C29H27FN4O3/c1-4-19-11-13-20(14-12-19)17-34-18(2)25(26(31-29(34)35)21-7-5-9-23(30)15-21)28-32-27(33-37-28)22-8-6-10-24(16-22)36-3/h5-16,26H,4,17H2,1-3H3,(H,31,35). The van der Waals surface area contributed by atoms with E-state index in [9.17, 15) is 9.18 Å². The second kappa shape index (κ2) is 10.3. The molecule has 5 rings (SSSR count). The molecule has 1 aliphatic heterocycles. The molecule has 3 aromatic carbocycles. The number of halogens is 1. The molecule has 0 bridgehead atoms. The zero-order valence-corrected chi connectivity index (χ0v) is 20.9. The number of hydrogen-bond donors (Lipinski definition) is 1. The van der Waals surface area contributed by atoms with Crippen LogP contribution in [0.25, 0.3) is 17.0 Å². The van der Waals surface area contributed by atoms with Gasteiger partial charge in [0.25, 0.3) is 5.89 Å². The van der Waals surface area contributed by atoms with E-state index in [1.165, 1.54) is 17.7 Å². The molecule has 4 aromatic rings. The van der Waals surface area contributed by atoms with Crippen molar-refractivity contribution in [3.05, 3.63) is 107 Å². The van der Waals surface area contributed by atoms with Gasteiger partial charge in [0, 0.05) is 11.3 Å². The van der Waals surface area contributed by atoms with Crippen LogP contribution >= 0.6 is 0 Å². The zero-order valence-electron chi connectivity index (χ0n) is 20.9. The van der Waals surface area contributed by atoms with Crippen LogP contribution in [0, 0.1) is 5.82 Å². The molecule has 8 heteroatoms. The van der Waals surface area contributed by atoms with Crippen LogP contribution in [0.3, 0.4) is 0 Å². The van der Waals surface area contributed by atoms with Crippen LogP contribution < -0.4 is 10.1 Å². The Hall–Kier alpha value is -4.46. The third-order valence-electron chi connectivity index (χ3n) is 6.53. The number of ether oxygens (including phenoxy) is 1. The number of rotatable bonds is 7. The molecule has 0 saturated carbocycles. The first-order valence-corrected chi connectivity index (χ1v) is 12.1. The molecule has 1 atom stereocenters. The topological polar surface area (TPSA) is 80.5 Å². The number of aryl methyl sites for hydroxylation is 1. The average molecular weight is 499 g/mol. The van der Waals surface area contributed by atoms with E-state index in [2.05, 4.69) is 34.5 Å². The Morgan fingerprint density at radius 1 is 1.05 bits per heavy atom. The van der Waals surface area contributed by atoms with E-state index >= 15 is 0 Å². The fraction of sp³-hybridized carbons (Fsp3) is 0.207. The minimum absolute atomic E-state index is 0.246. The SMILES string of the molecule is CCc1ccc(CN2C(=O)NC(c3cccc(F)c3)C(c3nc(-c4cccc(OC)c4)no3)=C2C)cc1. The molecule has 0 fully saturated rings. The number of nitrogens with zero attached hydrogens (tertiary/aromatic N) is 3. The molecule has 37 heavy (non-hydrogen) atoms. The number of methoxy groups -OCH3 is 1. The summed E-state index contributed by atoms with van der Waals surface area (Å²) < 4.78 is 25.2. The van der Waals surface area contributed by atoms with Gasteiger partial charge in [-0.2, -0.15) is 4.98 Å². The fourth-order valence-electron chi connectivity index (χ4n) is 4.46.